The number of ether oxygens (including phenoxy) is 2. The van der Waals surface area contributed by atoms with E-state index < -0.39 is 17.2 Å². The third-order valence-corrected chi connectivity index (χ3v) is 5.08. The molecule has 0 unspecified atom stereocenters. The maximum absolute atomic E-state index is 12.4. The summed E-state index contributed by atoms with van der Waals surface area (Å²) in [5, 5.41) is 20.7. The van der Waals surface area contributed by atoms with Crippen LogP contribution in [0.4, 0.5) is 0 Å². The van der Waals surface area contributed by atoms with Gasteiger partial charge in [-0.3, -0.25) is 0 Å². The minimum Gasteiger partial charge on any atom is -0.507 e. The van der Waals surface area contributed by atoms with Crippen LogP contribution < -0.4 is 20.7 Å². The lowest BCUT2D eigenvalue weighted by molar-refractivity contribution is 0.354. The number of methoxy groups -OCH3 is 2. The Balaban J connectivity index is 2.11. The molecule has 0 fully saturated rings. The van der Waals surface area contributed by atoms with E-state index in [1.807, 2.05) is 0 Å². The zero-order valence-corrected chi connectivity index (χ0v) is 17.7. The highest BCUT2D eigenvalue weighted by Gasteiger charge is 2.23. The summed E-state index contributed by atoms with van der Waals surface area (Å²) in [5.74, 6) is 0.661. The van der Waals surface area contributed by atoms with E-state index in [1.165, 1.54) is 26.4 Å². The third kappa shape index (κ3) is 4.74. The molecule has 3 aromatic rings. The molecule has 8 heteroatoms. The number of aromatic hydroxyl groups is 2. The number of hydrogen-bond donors (Lipinski definition) is 2. The van der Waals surface area contributed by atoms with E-state index in [9.17, 15) is 19.8 Å². The second-order valence-electron chi connectivity index (χ2n) is 7.24. The number of benzene rings is 1. The van der Waals surface area contributed by atoms with Crippen molar-refractivity contribution in [1.82, 2.24) is 0 Å². The summed E-state index contributed by atoms with van der Waals surface area (Å²) >= 11 is 0. The minimum atomic E-state index is -0.664. The van der Waals surface area contributed by atoms with Gasteiger partial charge in [0.2, 0.25) is 0 Å². The topological polar surface area (TPSA) is 119 Å². The highest BCUT2D eigenvalue weighted by atomic mass is 16.5. The van der Waals surface area contributed by atoms with Crippen molar-refractivity contribution in [1.29, 1.82) is 0 Å². The van der Waals surface area contributed by atoms with Crippen molar-refractivity contribution in [2.75, 3.05) is 14.2 Å². The number of aryl methyl sites for hydroxylation is 2. The smallest absolute Gasteiger partial charge is 0.342 e. The van der Waals surface area contributed by atoms with Gasteiger partial charge in [0, 0.05) is 12.1 Å². The van der Waals surface area contributed by atoms with Crippen molar-refractivity contribution in [3.05, 3.63) is 79.4 Å². The second-order valence-corrected chi connectivity index (χ2v) is 7.24. The normalized spacial score (nSPS) is 11.0. The summed E-state index contributed by atoms with van der Waals surface area (Å²) in [6.07, 6.45) is 0.105. The molecule has 0 radical (unpaired) electrons. The average molecular weight is 428 g/mol. The predicted octanol–water partition coefficient (Wildman–Crippen LogP) is 3.21. The summed E-state index contributed by atoms with van der Waals surface area (Å²) < 4.78 is 20.9. The average Bonchev–Trinajstić information content (AvgIpc) is 2.71. The molecule has 2 N–H and O–H groups in total. The highest BCUT2D eigenvalue weighted by molar-refractivity contribution is 5.45. The fraction of sp³-hybridized carbons (Fsp3) is 0.304. The Morgan fingerprint density at radius 3 is 1.71 bits per heavy atom. The van der Waals surface area contributed by atoms with Crippen LogP contribution in [0.5, 0.6) is 23.0 Å². The molecule has 1 aromatic carbocycles. The van der Waals surface area contributed by atoms with Crippen LogP contribution >= 0.6 is 0 Å². The quantitative estimate of drug-likeness (QED) is 0.589. The first-order chi connectivity index (χ1) is 14.7. The Morgan fingerprint density at radius 2 is 1.29 bits per heavy atom. The Bertz CT molecular complexity index is 1140. The van der Waals surface area contributed by atoms with Gasteiger partial charge in [-0.15, -0.1) is 0 Å². The Kier molecular flexibility index (Phi) is 6.39. The van der Waals surface area contributed by atoms with E-state index in [0.29, 0.717) is 17.1 Å². The first-order valence-electron chi connectivity index (χ1n) is 9.60. The van der Waals surface area contributed by atoms with Crippen molar-refractivity contribution >= 4 is 0 Å². The zero-order valence-electron chi connectivity index (χ0n) is 17.7. The molecule has 0 bridgehead atoms. The highest BCUT2D eigenvalue weighted by Crippen LogP contribution is 2.35. The maximum Gasteiger partial charge on any atom is 0.342 e. The van der Waals surface area contributed by atoms with E-state index in [0.717, 1.165) is 0 Å². The maximum atomic E-state index is 12.4. The number of rotatable bonds is 7. The lowest BCUT2D eigenvalue weighted by Gasteiger charge is -2.19. The molecule has 8 nitrogen and oxygen atoms in total. The summed E-state index contributed by atoms with van der Waals surface area (Å²) in [5.41, 5.74) is -0.481. The summed E-state index contributed by atoms with van der Waals surface area (Å²) in [6, 6.07) is 7.92. The second kappa shape index (κ2) is 8.99. The van der Waals surface area contributed by atoms with Gasteiger partial charge in [0.05, 0.1) is 25.3 Å². The molecular formula is C23H24O8. The van der Waals surface area contributed by atoms with E-state index in [-0.39, 0.29) is 47.0 Å². The van der Waals surface area contributed by atoms with Crippen LogP contribution in [0.15, 0.2) is 48.8 Å². The summed E-state index contributed by atoms with van der Waals surface area (Å²) in [4.78, 5) is 24.8. The van der Waals surface area contributed by atoms with Gasteiger partial charge in [-0.25, -0.2) is 9.59 Å². The van der Waals surface area contributed by atoms with Gasteiger partial charge in [0.1, 0.15) is 23.0 Å². The molecule has 2 heterocycles. The molecule has 164 valence electrons. The molecule has 0 aliphatic heterocycles. The fourth-order valence-electron chi connectivity index (χ4n) is 3.53. The molecule has 0 atom stereocenters. The molecule has 0 spiro atoms. The van der Waals surface area contributed by atoms with Crippen LogP contribution in [0.2, 0.25) is 0 Å². The van der Waals surface area contributed by atoms with E-state index in [1.54, 1.807) is 32.0 Å². The SMILES string of the molecule is COc1ccc(C(Cc2c(O)cc(C)oc2=O)Cc2c(O)cc(C)oc2=O)cc1OC. The van der Waals surface area contributed by atoms with E-state index >= 15 is 0 Å². The monoisotopic (exact) mass is 428 g/mol. The largest absolute Gasteiger partial charge is 0.507 e. The van der Waals surface area contributed by atoms with Gasteiger partial charge >= 0.3 is 11.3 Å². The van der Waals surface area contributed by atoms with Crippen LogP contribution in [0.1, 0.15) is 34.1 Å². The molecule has 3 rings (SSSR count). The molecular weight excluding hydrogens is 404 g/mol. The fourth-order valence-corrected chi connectivity index (χ4v) is 3.53. The van der Waals surface area contributed by atoms with Crippen LogP contribution in [0.25, 0.3) is 0 Å². The standard InChI is InChI=1S/C23H24O8/c1-12-7-18(24)16(22(26)30-12)9-15(10-17-19(25)8-13(2)31-23(17)27)14-5-6-20(28-3)21(11-14)29-4/h5-8,11,15,24-25H,9-10H2,1-4H3. The van der Waals surface area contributed by atoms with Crippen molar-refractivity contribution in [2.45, 2.75) is 32.6 Å². The first kappa shape index (κ1) is 22.0. The van der Waals surface area contributed by atoms with Gasteiger partial charge in [0.15, 0.2) is 11.5 Å². The first-order valence-corrected chi connectivity index (χ1v) is 9.60. The Labute approximate surface area is 178 Å². The zero-order chi connectivity index (χ0) is 22.7. The van der Waals surface area contributed by atoms with E-state index in [4.69, 9.17) is 18.3 Å². The van der Waals surface area contributed by atoms with Crippen molar-refractivity contribution in [2.24, 2.45) is 0 Å². The molecule has 31 heavy (non-hydrogen) atoms. The summed E-state index contributed by atoms with van der Waals surface area (Å²) in [6.45, 7) is 3.12. The summed E-state index contributed by atoms with van der Waals surface area (Å²) in [7, 11) is 3.01. The molecule has 0 aliphatic rings. The van der Waals surface area contributed by atoms with Gasteiger partial charge in [-0.1, -0.05) is 6.07 Å². The third-order valence-electron chi connectivity index (χ3n) is 5.08. The van der Waals surface area contributed by atoms with Crippen LogP contribution in [0.3, 0.4) is 0 Å². The molecule has 2 aromatic heterocycles. The molecule has 0 aliphatic carbocycles. The Hall–Kier alpha value is -3.68. The number of hydrogen-bond acceptors (Lipinski definition) is 8. The van der Waals surface area contributed by atoms with Gasteiger partial charge < -0.3 is 28.5 Å². The van der Waals surface area contributed by atoms with E-state index in [2.05, 4.69) is 0 Å². The predicted molar refractivity (Wildman–Crippen MR) is 112 cm³/mol. The van der Waals surface area contributed by atoms with Crippen molar-refractivity contribution < 1.29 is 28.5 Å². The lowest BCUT2D eigenvalue weighted by Crippen LogP contribution is -2.18. The van der Waals surface area contributed by atoms with Crippen LogP contribution in [0, 0.1) is 13.8 Å². The van der Waals surface area contributed by atoms with Gasteiger partial charge in [-0.2, -0.15) is 0 Å². The van der Waals surface area contributed by atoms with Crippen LogP contribution in [-0.4, -0.2) is 24.4 Å². The van der Waals surface area contributed by atoms with Crippen molar-refractivity contribution in [3.63, 3.8) is 0 Å². The molecule has 0 saturated heterocycles. The molecule has 0 amide bonds. The van der Waals surface area contributed by atoms with Gasteiger partial charge in [0.25, 0.3) is 0 Å². The minimum absolute atomic E-state index is 0.0523. The van der Waals surface area contributed by atoms with Gasteiger partial charge in [-0.05, 0) is 50.3 Å². The van der Waals surface area contributed by atoms with Crippen LogP contribution in [-0.2, 0) is 12.8 Å². The lowest BCUT2D eigenvalue weighted by atomic mass is 9.86. The Morgan fingerprint density at radius 1 is 0.806 bits per heavy atom. The van der Waals surface area contributed by atoms with Crippen molar-refractivity contribution in [3.8, 4) is 23.0 Å². The molecule has 0 saturated carbocycles.